The predicted molar refractivity (Wildman–Crippen MR) is 139 cm³/mol. The number of hydrogen-bond acceptors (Lipinski definition) is 6. The van der Waals surface area contributed by atoms with Crippen LogP contribution < -0.4 is 25.7 Å². The quantitative estimate of drug-likeness (QED) is 0.249. The van der Waals surface area contributed by atoms with Gasteiger partial charge < -0.3 is 29.6 Å². The summed E-state index contributed by atoms with van der Waals surface area (Å²) < 4.78 is 16.0. The number of amides is 2. The fourth-order valence-electron chi connectivity index (χ4n) is 4.76. The summed E-state index contributed by atoms with van der Waals surface area (Å²) >= 11 is 0. The molecule has 0 spiro atoms. The van der Waals surface area contributed by atoms with Crippen LogP contribution in [0, 0.1) is 6.92 Å². The SMILES string of the molecule is COc1cc(NC(=O)Nc2c(-c3ccccc3C)c3cc4c(cc3oc2=O)CCC4)cc(OC)c1O. The van der Waals surface area contributed by atoms with Crippen LogP contribution in [0.3, 0.4) is 0 Å². The first-order valence-corrected chi connectivity index (χ1v) is 11.6. The molecule has 1 aromatic heterocycles. The lowest BCUT2D eigenvalue weighted by Crippen LogP contribution is -2.24. The average molecular weight is 487 g/mol. The van der Waals surface area contributed by atoms with Crippen LogP contribution in [0.4, 0.5) is 16.2 Å². The summed E-state index contributed by atoms with van der Waals surface area (Å²) in [5.41, 5.74) is 5.03. The van der Waals surface area contributed by atoms with Gasteiger partial charge in [0.1, 0.15) is 11.3 Å². The lowest BCUT2D eigenvalue weighted by molar-refractivity contribution is 0.262. The predicted octanol–water partition coefficient (Wildman–Crippen LogP) is 5.62. The number of anilines is 2. The monoisotopic (exact) mass is 486 g/mol. The summed E-state index contributed by atoms with van der Waals surface area (Å²) in [6.45, 7) is 1.96. The molecule has 0 fully saturated rings. The molecule has 3 aromatic carbocycles. The van der Waals surface area contributed by atoms with Crippen molar-refractivity contribution in [2.75, 3.05) is 24.9 Å². The van der Waals surface area contributed by atoms with Crippen molar-refractivity contribution < 1.29 is 23.8 Å². The third-order valence-corrected chi connectivity index (χ3v) is 6.51. The number of phenolic OH excluding ortho intramolecular Hbond substituents is 1. The first-order valence-electron chi connectivity index (χ1n) is 11.6. The first kappa shape index (κ1) is 23.3. The van der Waals surface area contributed by atoms with Crippen molar-refractivity contribution >= 4 is 28.4 Å². The van der Waals surface area contributed by atoms with E-state index < -0.39 is 11.7 Å². The third kappa shape index (κ3) is 4.11. The van der Waals surface area contributed by atoms with E-state index in [1.54, 1.807) is 0 Å². The smallest absolute Gasteiger partial charge is 0.360 e. The Hall–Kier alpha value is -4.46. The molecule has 184 valence electrons. The molecule has 1 aliphatic carbocycles. The molecule has 0 atom stereocenters. The van der Waals surface area contributed by atoms with Crippen molar-refractivity contribution in [2.45, 2.75) is 26.2 Å². The molecule has 0 aliphatic heterocycles. The molecule has 8 nitrogen and oxygen atoms in total. The third-order valence-electron chi connectivity index (χ3n) is 6.51. The van der Waals surface area contributed by atoms with E-state index in [9.17, 15) is 14.7 Å². The molecule has 8 heteroatoms. The van der Waals surface area contributed by atoms with E-state index in [-0.39, 0.29) is 22.9 Å². The minimum absolute atomic E-state index is 0.0463. The summed E-state index contributed by atoms with van der Waals surface area (Å²) in [6, 6.07) is 14.0. The summed E-state index contributed by atoms with van der Waals surface area (Å²) in [5, 5.41) is 16.3. The number of fused-ring (bicyclic) bond motifs is 2. The summed E-state index contributed by atoms with van der Waals surface area (Å²) in [5.74, 6) is 0.0733. The maximum atomic E-state index is 13.2. The second-order valence-corrected chi connectivity index (χ2v) is 8.73. The zero-order valence-corrected chi connectivity index (χ0v) is 20.2. The Morgan fingerprint density at radius 3 is 2.31 bits per heavy atom. The van der Waals surface area contributed by atoms with Gasteiger partial charge in [-0.3, -0.25) is 0 Å². The molecule has 5 rings (SSSR count). The number of benzene rings is 3. The lowest BCUT2D eigenvalue weighted by atomic mass is 9.94. The van der Waals surface area contributed by atoms with Gasteiger partial charge in [0.2, 0.25) is 5.75 Å². The fourth-order valence-corrected chi connectivity index (χ4v) is 4.76. The Bertz CT molecular complexity index is 1530. The number of phenols is 1. The van der Waals surface area contributed by atoms with Gasteiger partial charge in [-0.2, -0.15) is 0 Å². The van der Waals surface area contributed by atoms with E-state index in [0.29, 0.717) is 16.8 Å². The Balaban J connectivity index is 1.61. The van der Waals surface area contributed by atoms with Crippen molar-refractivity contribution in [3.8, 4) is 28.4 Å². The molecule has 0 saturated carbocycles. The number of nitrogens with one attached hydrogen (secondary N) is 2. The fraction of sp³-hybridized carbons (Fsp3) is 0.214. The summed E-state index contributed by atoms with van der Waals surface area (Å²) in [4.78, 5) is 26.3. The number of carbonyl (C=O) groups is 1. The van der Waals surface area contributed by atoms with Gasteiger partial charge in [-0.25, -0.2) is 9.59 Å². The van der Waals surface area contributed by atoms with Crippen LogP contribution >= 0.6 is 0 Å². The number of hydrogen-bond donors (Lipinski definition) is 3. The number of aromatic hydroxyl groups is 1. The number of urea groups is 1. The molecule has 0 unspecified atom stereocenters. The zero-order chi connectivity index (χ0) is 25.4. The van der Waals surface area contributed by atoms with Crippen molar-refractivity contribution in [3.63, 3.8) is 0 Å². The van der Waals surface area contributed by atoms with E-state index in [1.165, 1.54) is 37.5 Å². The van der Waals surface area contributed by atoms with Gasteiger partial charge in [0, 0.05) is 23.1 Å². The normalized spacial score (nSPS) is 12.3. The molecule has 4 aromatic rings. The van der Waals surface area contributed by atoms with Gasteiger partial charge in [0.15, 0.2) is 11.5 Å². The molecular weight excluding hydrogens is 460 g/mol. The topological polar surface area (TPSA) is 110 Å². The first-order chi connectivity index (χ1) is 17.4. The summed E-state index contributed by atoms with van der Waals surface area (Å²) in [7, 11) is 2.79. The van der Waals surface area contributed by atoms with Gasteiger partial charge in [-0.1, -0.05) is 24.3 Å². The van der Waals surface area contributed by atoms with E-state index in [1.807, 2.05) is 37.3 Å². The highest BCUT2D eigenvalue weighted by atomic mass is 16.5. The van der Waals surface area contributed by atoms with Crippen LogP contribution in [0.15, 0.2) is 57.7 Å². The molecule has 0 radical (unpaired) electrons. The van der Waals surface area contributed by atoms with Crippen LogP contribution in [0.2, 0.25) is 0 Å². The highest BCUT2D eigenvalue weighted by Gasteiger charge is 2.23. The molecule has 1 heterocycles. The molecule has 0 bridgehead atoms. The molecule has 1 aliphatic rings. The molecule has 3 N–H and O–H groups in total. The van der Waals surface area contributed by atoms with Crippen LogP contribution in [-0.2, 0) is 12.8 Å². The van der Waals surface area contributed by atoms with Crippen molar-refractivity contribution in [2.24, 2.45) is 0 Å². The van der Waals surface area contributed by atoms with Gasteiger partial charge in [0.25, 0.3) is 0 Å². The maximum absolute atomic E-state index is 13.2. The van der Waals surface area contributed by atoms with Crippen LogP contribution in [-0.4, -0.2) is 25.4 Å². The largest absolute Gasteiger partial charge is 0.502 e. The number of rotatable bonds is 5. The zero-order valence-electron chi connectivity index (χ0n) is 20.2. The average Bonchev–Trinajstić information content (AvgIpc) is 3.32. The van der Waals surface area contributed by atoms with Crippen LogP contribution in [0.5, 0.6) is 17.2 Å². The number of methoxy groups -OCH3 is 2. The maximum Gasteiger partial charge on any atom is 0.360 e. The van der Waals surface area contributed by atoms with Gasteiger partial charge >= 0.3 is 11.7 Å². The minimum Gasteiger partial charge on any atom is -0.502 e. The van der Waals surface area contributed by atoms with Gasteiger partial charge in [0.05, 0.1) is 19.9 Å². The van der Waals surface area contributed by atoms with Crippen molar-refractivity contribution in [1.29, 1.82) is 0 Å². The van der Waals surface area contributed by atoms with Crippen molar-refractivity contribution in [3.05, 3.63) is 75.6 Å². The van der Waals surface area contributed by atoms with Gasteiger partial charge in [-0.05, 0) is 60.6 Å². The number of carbonyl (C=O) groups excluding carboxylic acids is 1. The lowest BCUT2D eigenvalue weighted by Gasteiger charge is -2.16. The highest BCUT2D eigenvalue weighted by molar-refractivity contribution is 6.08. The summed E-state index contributed by atoms with van der Waals surface area (Å²) in [6.07, 6.45) is 2.98. The van der Waals surface area contributed by atoms with E-state index in [4.69, 9.17) is 13.9 Å². The standard InChI is InChI=1S/C28H26N2O6/c1-15-7-4-5-10-19(15)24-20-11-16-8-6-9-17(16)12-21(20)36-27(32)25(24)30-28(33)29-18-13-22(34-2)26(31)23(14-18)35-3/h4-5,7,10-14,31H,6,8-9H2,1-3H3,(H2,29,30,33). The second-order valence-electron chi connectivity index (χ2n) is 8.73. The molecule has 0 saturated heterocycles. The molecular formula is C28H26N2O6. The Morgan fingerprint density at radius 2 is 1.64 bits per heavy atom. The Labute approximate surface area is 207 Å². The van der Waals surface area contributed by atoms with E-state index in [0.717, 1.165) is 35.8 Å². The minimum atomic E-state index is -0.660. The second kappa shape index (κ2) is 9.30. The van der Waals surface area contributed by atoms with E-state index >= 15 is 0 Å². The van der Waals surface area contributed by atoms with Crippen LogP contribution in [0.1, 0.15) is 23.1 Å². The van der Waals surface area contributed by atoms with E-state index in [2.05, 4.69) is 16.7 Å². The van der Waals surface area contributed by atoms with Crippen LogP contribution in [0.25, 0.3) is 22.1 Å². The molecule has 2 amide bonds. The number of ether oxygens (including phenoxy) is 2. The Morgan fingerprint density at radius 1 is 0.972 bits per heavy atom. The molecule has 36 heavy (non-hydrogen) atoms. The highest BCUT2D eigenvalue weighted by Crippen LogP contribution is 2.40. The number of aryl methyl sites for hydroxylation is 3. The Kier molecular flexibility index (Phi) is 6.01. The van der Waals surface area contributed by atoms with Crippen molar-refractivity contribution in [1.82, 2.24) is 0 Å². The van der Waals surface area contributed by atoms with Gasteiger partial charge in [-0.15, -0.1) is 0 Å².